The van der Waals surface area contributed by atoms with Crippen molar-refractivity contribution in [3.8, 4) is 0 Å². The third-order valence-corrected chi connectivity index (χ3v) is 7.01. The third-order valence-electron chi connectivity index (χ3n) is 5.80. The molecule has 3 nitrogen and oxygen atoms in total. The normalized spacial score (nSPS) is 15.6. The fourth-order valence-corrected chi connectivity index (χ4v) is 5.42. The maximum atomic E-state index is 5.14. The molecule has 164 valence electrons. The number of imidazole rings is 1. The van der Waals surface area contributed by atoms with E-state index < -0.39 is 0 Å². The van der Waals surface area contributed by atoms with E-state index in [2.05, 4.69) is 107 Å². The molecule has 0 unspecified atom stereocenters. The van der Waals surface area contributed by atoms with E-state index in [0.717, 1.165) is 30.4 Å². The van der Waals surface area contributed by atoms with Gasteiger partial charge in [-0.2, -0.15) is 0 Å². The predicted octanol–water partition coefficient (Wildman–Crippen LogP) is 6.66. The molecular weight excluding hydrogens is 434 g/mol. The summed E-state index contributed by atoms with van der Waals surface area (Å²) in [6.07, 6.45) is 4.60. The Balaban J connectivity index is 0.00000245. The smallest absolute Gasteiger partial charge is 0.127 e. The molecule has 3 aromatic carbocycles. The highest BCUT2D eigenvalue weighted by Crippen LogP contribution is 2.40. The molecule has 4 aromatic rings. The van der Waals surface area contributed by atoms with Gasteiger partial charge in [-0.25, -0.2) is 4.98 Å². The predicted molar refractivity (Wildman–Crippen MR) is 136 cm³/mol. The van der Waals surface area contributed by atoms with Crippen LogP contribution in [0.2, 0.25) is 0 Å². The average molecular weight is 462 g/mol. The van der Waals surface area contributed by atoms with E-state index in [1.54, 1.807) is 0 Å². The Morgan fingerprint density at radius 2 is 1.47 bits per heavy atom. The van der Waals surface area contributed by atoms with E-state index in [9.17, 15) is 0 Å². The van der Waals surface area contributed by atoms with E-state index in [1.807, 2.05) is 11.8 Å². The summed E-state index contributed by atoms with van der Waals surface area (Å²) in [6, 6.07) is 32.5. The molecule has 0 saturated carbocycles. The summed E-state index contributed by atoms with van der Waals surface area (Å²) in [7, 11) is 0. The van der Waals surface area contributed by atoms with Gasteiger partial charge in [-0.15, -0.1) is 12.4 Å². The van der Waals surface area contributed by atoms with Crippen molar-refractivity contribution in [2.24, 2.45) is 0 Å². The Kier molecular flexibility index (Phi) is 7.69. The van der Waals surface area contributed by atoms with Crippen LogP contribution in [0.15, 0.2) is 102 Å². The summed E-state index contributed by atoms with van der Waals surface area (Å²) in [6.45, 7) is 1.92. The first-order chi connectivity index (χ1) is 15.4. The van der Waals surface area contributed by atoms with E-state index in [4.69, 9.17) is 4.98 Å². The van der Waals surface area contributed by atoms with E-state index in [-0.39, 0.29) is 17.7 Å². The molecule has 0 radical (unpaired) electrons. The van der Waals surface area contributed by atoms with Crippen LogP contribution < -0.4 is 5.32 Å². The highest BCUT2D eigenvalue weighted by molar-refractivity contribution is 7.99. The van der Waals surface area contributed by atoms with Crippen molar-refractivity contribution in [1.82, 2.24) is 14.9 Å². The lowest BCUT2D eigenvalue weighted by atomic mass is 10.0. The lowest BCUT2D eigenvalue weighted by molar-refractivity contribution is 0.564. The number of aromatic nitrogens is 2. The Morgan fingerprint density at radius 1 is 0.875 bits per heavy atom. The molecule has 0 bridgehead atoms. The zero-order chi connectivity index (χ0) is 20.9. The Hall–Kier alpha value is -2.53. The van der Waals surface area contributed by atoms with Crippen molar-refractivity contribution in [2.45, 2.75) is 35.7 Å². The molecule has 2 heterocycles. The summed E-state index contributed by atoms with van der Waals surface area (Å²) in [5.41, 5.74) is 3.91. The summed E-state index contributed by atoms with van der Waals surface area (Å²) < 4.78 is 2.34. The van der Waals surface area contributed by atoms with Crippen LogP contribution in [0.25, 0.3) is 0 Å². The molecule has 5 heteroatoms. The second-order valence-corrected chi connectivity index (χ2v) is 9.14. The molecule has 0 amide bonds. The molecule has 0 aliphatic carbocycles. The molecule has 32 heavy (non-hydrogen) atoms. The Labute approximate surface area is 200 Å². The number of halogens is 1. The lowest BCUT2D eigenvalue weighted by Gasteiger charge is -2.16. The van der Waals surface area contributed by atoms with Crippen LogP contribution >= 0.6 is 24.2 Å². The van der Waals surface area contributed by atoms with Crippen LogP contribution in [0.3, 0.4) is 0 Å². The number of rotatable bonds is 7. The van der Waals surface area contributed by atoms with E-state index >= 15 is 0 Å². The standard InChI is InChI=1S/C27H27N3S.ClH/c1-4-11-21(12-5-1)19-30-20-25(29-27(30)24-17-10-18-28-24)31-26(22-13-6-2-7-14-22)23-15-8-3-9-16-23;/h1-9,11-16,20,24,26,28H,10,17-19H2;1H/t24-;/m0./s1. The fraction of sp³-hybridized carbons (Fsp3) is 0.222. The summed E-state index contributed by atoms with van der Waals surface area (Å²) in [5, 5.41) is 4.93. The molecule has 1 aliphatic heterocycles. The maximum Gasteiger partial charge on any atom is 0.127 e. The zero-order valence-corrected chi connectivity index (χ0v) is 19.6. The van der Waals surface area contributed by atoms with E-state index in [1.165, 1.54) is 23.1 Å². The van der Waals surface area contributed by atoms with Gasteiger partial charge >= 0.3 is 0 Å². The highest BCUT2D eigenvalue weighted by atomic mass is 35.5. The van der Waals surface area contributed by atoms with Gasteiger partial charge < -0.3 is 9.88 Å². The van der Waals surface area contributed by atoms with Crippen molar-refractivity contribution in [3.05, 3.63) is 120 Å². The number of thioether (sulfide) groups is 1. The van der Waals surface area contributed by atoms with Gasteiger partial charge in [0.25, 0.3) is 0 Å². The minimum atomic E-state index is 0. The number of nitrogens with zero attached hydrogens (tertiary/aromatic N) is 2. The number of benzene rings is 3. The number of hydrogen-bond acceptors (Lipinski definition) is 3. The van der Waals surface area contributed by atoms with Gasteiger partial charge in [0.1, 0.15) is 10.9 Å². The quantitative estimate of drug-likeness (QED) is 0.312. The van der Waals surface area contributed by atoms with Gasteiger partial charge in [0.15, 0.2) is 0 Å². The molecule has 1 aliphatic rings. The van der Waals surface area contributed by atoms with Gasteiger partial charge in [-0.05, 0) is 36.1 Å². The van der Waals surface area contributed by atoms with Crippen molar-refractivity contribution >= 4 is 24.2 Å². The third kappa shape index (κ3) is 5.26. The molecule has 0 spiro atoms. The molecule has 5 rings (SSSR count). The monoisotopic (exact) mass is 461 g/mol. The van der Waals surface area contributed by atoms with Gasteiger partial charge in [-0.3, -0.25) is 0 Å². The highest BCUT2D eigenvalue weighted by Gasteiger charge is 2.24. The SMILES string of the molecule is Cl.c1ccc(Cn2cc(SC(c3ccccc3)c3ccccc3)nc2[C@@H]2CCCN2)cc1. The number of nitrogens with one attached hydrogen (secondary N) is 1. The van der Waals surface area contributed by atoms with Crippen molar-refractivity contribution in [3.63, 3.8) is 0 Å². The largest absolute Gasteiger partial charge is 0.328 e. The van der Waals surface area contributed by atoms with Gasteiger partial charge in [-0.1, -0.05) is 103 Å². The van der Waals surface area contributed by atoms with Crippen LogP contribution in [0.5, 0.6) is 0 Å². The van der Waals surface area contributed by atoms with Crippen LogP contribution in [-0.2, 0) is 6.54 Å². The average Bonchev–Trinajstić information content (AvgIpc) is 3.49. The first-order valence-electron chi connectivity index (χ1n) is 11.0. The van der Waals surface area contributed by atoms with Crippen molar-refractivity contribution in [2.75, 3.05) is 6.54 Å². The van der Waals surface area contributed by atoms with Crippen LogP contribution in [0.1, 0.15) is 46.6 Å². The Bertz CT molecular complexity index is 1050. The first-order valence-corrected chi connectivity index (χ1v) is 11.9. The summed E-state index contributed by atoms with van der Waals surface area (Å²) in [5.74, 6) is 1.16. The zero-order valence-electron chi connectivity index (χ0n) is 17.9. The summed E-state index contributed by atoms with van der Waals surface area (Å²) >= 11 is 1.84. The first kappa shape index (κ1) is 22.7. The minimum Gasteiger partial charge on any atom is -0.328 e. The summed E-state index contributed by atoms with van der Waals surface area (Å²) in [4.78, 5) is 5.14. The number of hydrogen-bond donors (Lipinski definition) is 1. The van der Waals surface area contributed by atoms with Gasteiger partial charge in [0, 0.05) is 12.7 Å². The van der Waals surface area contributed by atoms with E-state index in [0.29, 0.717) is 6.04 Å². The lowest BCUT2D eigenvalue weighted by Crippen LogP contribution is -2.18. The van der Waals surface area contributed by atoms with Crippen molar-refractivity contribution < 1.29 is 0 Å². The maximum absolute atomic E-state index is 5.14. The van der Waals surface area contributed by atoms with Gasteiger partial charge in [0.05, 0.1) is 11.3 Å². The fourth-order valence-electron chi connectivity index (χ4n) is 4.26. The molecule has 1 atom stereocenters. The van der Waals surface area contributed by atoms with Crippen LogP contribution in [0, 0.1) is 0 Å². The second kappa shape index (κ2) is 10.9. The molecule has 1 N–H and O–H groups in total. The topological polar surface area (TPSA) is 29.9 Å². The second-order valence-electron chi connectivity index (χ2n) is 8.02. The van der Waals surface area contributed by atoms with Crippen molar-refractivity contribution in [1.29, 1.82) is 0 Å². The Morgan fingerprint density at radius 3 is 2.03 bits per heavy atom. The molecular formula is C27H28ClN3S. The minimum absolute atomic E-state index is 0. The molecule has 1 aromatic heterocycles. The molecule has 1 fully saturated rings. The van der Waals surface area contributed by atoms with Crippen LogP contribution in [0.4, 0.5) is 0 Å². The van der Waals surface area contributed by atoms with Crippen LogP contribution in [-0.4, -0.2) is 16.1 Å². The molecule has 1 saturated heterocycles. The van der Waals surface area contributed by atoms with Gasteiger partial charge in [0.2, 0.25) is 0 Å².